The zero-order valence-corrected chi connectivity index (χ0v) is 53.8. The minimum absolute atomic E-state index is 0.0446. The van der Waals surface area contributed by atoms with Crippen molar-refractivity contribution < 1.29 is 37.3 Å². The summed E-state index contributed by atoms with van der Waals surface area (Å²) in [6, 6.07) is -0.842. The highest BCUT2D eigenvalue weighted by molar-refractivity contribution is 7.47. The Morgan fingerprint density at radius 2 is 0.744 bits per heavy atom. The van der Waals surface area contributed by atoms with E-state index in [9.17, 15) is 19.0 Å². The Bertz CT molecular complexity index is 1380. The summed E-state index contributed by atoms with van der Waals surface area (Å²) in [4.78, 5) is 37.8. The van der Waals surface area contributed by atoms with E-state index in [1.807, 2.05) is 33.3 Å². The zero-order chi connectivity index (χ0) is 57.2. The molecule has 78 heavy (non-hydrogen) atoms. The van der Waals surface area contributed by atoms with Crippen molar-refractivity contribution >= 4 is 19.7 Å². The van der Waals surface area contributed by atoms with Crippen LogP contribution in [0.25, 0.3) is 0 Å². The first kappa shape index (κ1) is 76.5. The van der Waals surface area contributed by atoms with Crippen LogP contribution in [0, 0.1) is 0 Å². The molecule has 0 radical (unpaired) electrons. The second kappa shape index (κ2) is 58.7. The summed E-state index contributed by atoms with van der Waals surface area (Å²) in [5.74, 6) is -0.484. The number of unbranched alkanes of at least 4 members (excludes halogenated alkanes) is 45. The zero-order valence-electron chi connectivity index (χ0n) is 52.9. The molecule has 0 aliphatic heterocycles. The van der Waals surface area contributed by atoms with Gasteiger partial charge in [0.1, 0.15) is 19.3 Å². The largest absolute Gasteiger partial charge is 0.472 e. The maximum absolute atomic E-state index is 13.6. The Labute approximate surface area is 485 Å². The Kier molecular flexibility index (Phi) is 57.5. The molecule has 0 saturated carbocycles. The van der Waals surface area contributed by atoms with Gasteiger partial charge in [0.2, 0.25) is 5.91 Å². The van der Waals surface area contributed by atoms with Gasteiger partial charge in [-0.1, -0.05) is 302 Å². The number of carbonyl (C=O) groups excluding carboxylic acids is 2. The van der Waals surface area contributed by atoms with Crippen molar-refractivity contribution in [3.63, 3.8) is 0 Å². The molecule has 2 N–H and O–H groups in total. The van der Waals surface area contributed by atoms with Crippen LogP contribution in [-0.2, 0) is 27.9 Å². The maximum atomic E-state index is 13.6. The number of carbonyl (C=O) groups is 2. The number of rotatable bonds is 63. The van der Waals surface area contributed by atoms with E-state index in [0.717, 1.165) is 57.8 Å². The van der Waals surface area contributed by atoms with Crippen LogP contribution in [0.5, 0.6) is 0 Å². The van der Waals surface area contributed by atoms with Crippen LogP contribution < -0.4 is 5.32 Å². The van der Waals surface area contributed by atoms with Crippen molar-refractivity contribution in [1.82, 2.24) is 5.32 Å². The van der Waals surface area contributed by atoms with Crippen LogP contribution in [0.2, 0.25) is 0 Å². The maximum Gasteiger partial charge on any atom is 0.472 e. The Morgan fingerprint density at radius 3 is 1.09 bits per heavy atom. The number of quaternary nitrogens is 1. The molecule has 0 saturated heterocycles. The van der Waals surface area contributed by atoms with Crippen LogP contribution in [0.1, 0.15) is 348 Å². The van der Waals surface area contributed by atoms with Crippen molar-refractivity contribution in [1.29, 1.82) is 0 Å². The standard InChI is InChI=1S/C68H133N2O7P/c1-7-10-13-16-19-22-25-28-30-31-32-33-34-35-36-37-38-39-40-42-45-48-51-54-57-60-67(71)69-65(64-76-78(73,74)75-63-62-70(4,5)6)66(59-56-53-50-47-44-41-27-24-21-18-15-12-9-3)77-68(72)61-58-55-52-49-46-43-29-26-23-20-17-14-11-8-2/h28,30,56,59,65-66H,7-27,29,31-55,57-58,60-64H2,1-6H3,(H-,69,71,73,74)/p+1/b30-28+,59-56-. The van der Waals surface area contributed by atoms with Crippen molar-refractivity contribution in [2.45, 2.75) is 360 Å². The molecular formula is C68H134N2O7P+. The number of nitrogens with zero attached hydrogens (tertiary/aromatic N) is 1. The summed E-state index contributed by atoms with van der Waals surface area (Å²) in [5.41, 5.74) is 0. The predicted molar refractivity (Wildman–Crippen MR) is 337 cm³/mol. The molecule has 0 spiro atoms. The number of hydrogen-bond donors (Lipinski definition) is 2. The molecule has 0 heterocycles. The second-order valence-electron chi connectivity index (χ2n) is 24.7. The predicted octanol–water partition coefficient (Wildman–Crippen LogP) is 21.3. The molecular weight excluding hydrogens is 988 g/mol. The van der Waals surface area contributed by atoms with E-state index >= 15 is 0 Å². The average Bonchev–Trinajstić information content (AvgIpc) is 3.40. The lowest BCUT2D eigenvalue weighted by molar-refractivity contribution is -0.870. The number of phosphoric acid groups is 1. The smallest absolute Gasteiger partial charge is 0.456 e. The van der Waals surface area contributed by atoms with Gasteiger partial charge in [-0.05, 0) is 57.4 Å². The molecule has 3 atom stereocenters. The fourth-order valence-electron chi connectivity index (χ4n) is 10.4. The second-order valence-corrected chi connectivity index (χ2v) is 26.2. The van der Waals surface area contributed by atoms with Gasteiger partial charge in [0, 0.05) is 12.8 Å². The third-order valence-electron chi connectivity index (χ3n) is 15.6. The fraction of sp³-hybridized carbons (Fsp3) is 0.912. The first-order chi connectivity index (χ1) is 37.9. The minimum atomic E-state index is -4.44. The molecule has 462 valence electrons. The molecule has 0 aromatic rings. The minimum Gasteiger partial charge on any atom is -0.456 e. The number of allylic oxidation sites excluding steroid dienone is 3. The average molecular weight is 1120 g/mol. The highest BCUT2D eigenvalue weighted by Crippen LogP contribution is 2.43. The molecule has 3 unspecified atom stereocenters. The summed E-state index contributed by atoms with van der Waals surface area (Å²) in [5, 5.41) is 3.07. The normalized spacial score (nSPS) is 13.7. The third kappa shape index (κ3) is 59.1. The van der Waals surface area contributed by atoms with E-state index in [1.54, 1.807) is 0 Å². The van der Waals surface area contributed by atoms with Crippen molar-refractivity contribution in [2.75, 3.05) is 40.9 Å². The summed E-state index contributed by atoms with van der Waals surface area (Å²) in [7, 11) is 1.52. The number of amides is 1. The number of likely N-dealkylation sites (N-methyl/N-ethyl adjacent to an activating group) is 1. The molecule has 0 aliphatic carbocycles. The van der Waals surface area contributed by atoms with Crippen LogP contribution in [0.4, 0.5) is 0 Å². The van der Waals surface area contributed by atoms with E-state index in [2.05, 4.69) is 38.2 Å². The highest BCUT2D eigenvalue weighted by Gasteiger charge is 2.30. The molecule has 1 amide bonds. The molecule has 0 aliphatic rings. The number of hydrogen-bond acceptors (Lipinski definition) is 6. The third-order valence-corrected chi connectivity index (χ3v) is 16.6. The lowest BCUT2D eigenvalue weighted by atomic mass is 10.0. The lowest BCUT2D eigenvalue weighted by Gasteiger charge is -2.27. The molecule has 0 aromatic heterocycles. The van der Waals surface area contributed by atoms with E-state index in [-0.39, 0.29) is 25.1 Å². The molecule has 0 fully saturated rings. The van der Waals surface area contributed by atoms with Crippen LogP contribution >= 0.6 is 7.82 Å². The van der Waals surface area contributed by atoms with Gasteiger partial charge in [-0.15, -0.1) is 0 Å². The topological polar surface area (TPSA) is 111 Å². The van der Waals surface area contributed by atoms with Gasteiger partial charge in [-0.25, -0.2) is 4.57 Å². The van der Waals surface area contributed by atoms with Crippen LogP contribution in [-0.4, -0.2) is 74.3 Å². The summed E-state index contributed by atoms with van der Waals surface area (Å²) >= 11 is 0. The SMILES string of the molecule is CCCCCCCC/C=C/CCCCCCCCCCCCCCCCCC(=O)NC(COP(=O)(O)OCC[N+](C)(C)C)C(/C=C\CCCCCCCCCCCCC)OC(=O)CCCCCCCCCCCCCCCC. The van der Waals surface area contributed by atoms with E-state index in [4.69, 9.17) is 13.8 Å². The van der Waals surface area contributed by atoms with Gasteiger partial charge in [0.25, 0.3) is 0 Å². The van der Waals surface area contributed by atoms with Gasteiger partial charge < -0.3 is 19.4 Å². The Morgan fingerprint density at radius 1 is 0.436 bits per heavy atom. The van der Waals surface area contributed by atoms with Gasteiger partial charge in [0.15, 0.2) is 0 Å². The van der Waals surface area contributed by atoms with Crippen LogP contribution in [0.3, 0.4) is 0 Å². The van der Waals surface area contributed by atoms with E-state index in [1.165, 1.54) is 257 Å². The summed E-state index contributed by atoms with van der Waals surface area (Å²) < 4.78 is 30.8. The fourth-order valence-corrected chi connectivity index (χ4v) is 11.1. The monoisotopic (exact) mass is 1120 g/mol. The Balaban J connectivity index is 5.04. The van der Waals surface area contributed by atoms with Crippen molar-refractivity contribution in [3.8, 4) is 0 Å². The van der Waals surface area contributed by atoms with E-state index in [0.29, 0.717) is 23.9 Å². The Hall–Kier alpha value is -1.51. The van der Waals surface area contributed by atoms with Crippen molar-refractivity contribution in [3.05, 3.63) is 24.3 Å². The van der Waals surface area contributed by atoms with E-state index < -0.39 is 20.0 Å². The summed E-state index contributed by atoms with van der Waals surface area (Å²) in [6.45, 7) is 7.07. The number of nitrogens with one attached hydrogen (secondary N) is 1. The highest BCUT2D eigenvalue weighted by atomic mass is 31.2. The first-order valence-electron chi connectivity index (χ1n) is 34.2. The lowest BCUT2D eigenvalue weighted by Crippen LogP contribution is -2.47. The molecule has 0 aromatic carbocycles. The number of esters is 1. The number of ether oxygens (including phenoxy) is 1. The van der Waals surface area contributed by atoms with Gasteiger partial charge >= 0.3 is 13.8 Å². The molecule has 0 rings (SSSR count). The molecule has 0 bridgehead atoms. The number of phosphoric ester groups is 1. The van der Waals surface area contributed by atoms with Gasteiger partial charge in [-0.3, -0.25) is 18.6 Å². The van der Waals surface area contributed by atoms with Crippen molar-refractivity contribution in [2.24, 2.45) is 0 Å². The first-order valence-corrected chi connectivity index (χ1v) is 35.7. The molecule has 9 nitrogen and oxygen atoms in total. The molecule has 10 heteroatoms. The van der Waals surface area contributed by atoms with Gasteiger partial charge in [-0.2, -0.15) is 0 Å². The quantitative estimate of drug-likeness (QED) is 0.0205. The summed E-state index contributed by atoms with van der Waals surface area (Å²) in [6.07, 6.45) is 70.4. The van der Waals surface area contributed by atoms with Crippen LogP contribution in [0.15, 0.2) is 24.3 Å². The van der Waals surface area contributed by atoms with Gasteiger partial charge in [0.05, 0.1) is 33.8 Å².